The van der Waals surface area contributed by atoms with Crippen molar-refractivity contribution in [2.24, 2.45) is 0 Å². The third-order valence-corrected chi connectivity index (χ3v) is 7.93. The first-order chi connectivity index (χ1) is 24.8. The maximum absolute atomic E-state index is 12.7. The van der Waals surface area contributed by atoms with E-state index in [2.05, 4.69) is 44.2 Å². The van der Waals surface area contributed by atoms with Gasteiger partial charge >= 0.3 is 11.9 Å². The summed E-state index contributed by atoms with van der Waals surface area (Å²) in [7, 11) is 0. The molecule has 0 aliphatic carbocycles. The highest BCUT2D eigenvalue weighted by atomic mass is 16.7. The van der Waals surface area contributed by atoms with Crippen molar-refractivity contribution in [2.45, 2.75) is 141 Å². The van der Waals surface area contributed by atoms with Crippen LogP contribution in [0.3, 0.4) is 0 Å². The largest absolute Gasteiger partial charge is 0.462 e. The van der Waals surface area contributed by atoms with Gasteiger partial charge in [-0.15, -0.1) is 0 Å². The van der Waals surface area contributed by atoms with Crippen molar-refractivity contribution >= 4 is 11.9 Å². The fourth-order valence-electron chi connectivity index (χ4n) is 4.96. The molecule has 1 rings (SSSR count). The number of hydrogen-bond acceptors (Lipinski definition) is 10. The van der Waals surface area contributed by atoms with E-state index in [1.54, 1.807) is 0 Å². The number of allylic oxidation sites excluding steroid dienone is 14. The molecule has 10 heteroatoms. The summed E-state index contributed by atoms with van der Waals surface area (Å²) in [5.41, 5.74) is 0. The third kappa shape index (κ3) is 23.9. The van der Waals surface area contributed by atoms with E-state index in [0.29, 0.717) is 12.8 Å². The Labute approximate surface area is 305 Å². The maximum Gasteiger partial charge on any atom is 0.306 e. The molecule has 0 amide bonds. The molecule has 0 radical (unpaired) electrons. The molecule has 1 aliphatic heterocycles. The van der Waals surface area contributed by atoms with Gasteiger partial charge in [0.15, 0.2) is 12.4 Å². The van der Waals surface area contributed by atoms with Crippen LogP contribution in [0.2, 0.25) is 0 Å². The van der Waals surface area contributed by atoms with Crippen LogP contribution in [-0.2, 0) is 28.5 Å². The Morgan fingerprint density at radius 3 is 1.67 bits per heavy atom. The molecule has 0 aromatic rings. The summed E-state index contributed by atoms with van der Waals surface area (Å²) in [6, 6.07) is 0. The van der Waals surface area contributed by atoms with Gasteiger partial charge in [-0.3, -0.25) is 9.59 Å². The molecule has 51 heavy (non-hydrogen) atoms. The minimum atomic E-state index is -1.61. The van der Waals surface area contributed by atoms with Crippen LogP contribution < -0.4 is 0 Å². The van der Waals surface area contributed by atoms with Crippen molar-refractivity contribution in [1.82, 2.24) is 0 Å². The first-order valence-electron chi connectivity index (χ1n) is 18.7. The van der Waals surface area contributed by atoms with Gasteiger partial charge in [0.2, 0.25) is 0 Å². The molecule has 0 bridgehead atoms. The minimum absolute atomic E-state index is 0.192. The summed E-state index contributed by atoms with van der Waals surface area (Å²) in [6.07, 6.45) is 31.7. The van der Waals surface area contributed by atoms with Crippen LogP contribution in [0.15, 0.2) is 85.1 Å². The van der Waals surface area contributed by atoms with Crippen LogP contribution in [0.4, 0.5) is 0 Å². The standard InChI is InChI=1S/C41H64O10/c1-3-5-7-9-11-13-15-17-19-21-23-25-27-29-36(43)48-32-34(33-49-41-40(47)39(46)38(45)35(31-42)51-41)50-37(44)30-28-26-24-22-20-18-16-14-12-10-8-6-4-2/h5-17,19,34-35,38-42,45-47H,3-4,18,20-33H2,1-2H3/b7-5+,8-6+,11-9+,12-10+,15-13+,16-14+,19-17+/t34?,35-,38+,39?,40?,41-/m0/s1. The Morgan fingerprint density at radius 1 is 0.608 bits per heavy atom. The minimum Gasteiger partial charge on any atom is -0.462 e. The van der Waals surface area contributed by atoms with Crippen molar-refractivity contribution in [3.63, 3.8) is 0 Å². The van der Waals surface area contributed by atoms with Gasteiger partial charge in [-0.25, -0.2) is 0 Å². The van der Waals surface area contributed by atoms with Gasteiger partial charge in [0.1, 0.15) is 31.0 Å². The first kappa shape index (κ1) is 45.9. The highest BCUT2D eigenvalue weighted by molar-refractivity contribution is 5.70. The van der Waals surface area contributed by atoms with Crippen LogP contribution in [0.1, 0.15) is 104 Å². The Morgan fingerprint density at radius 2 is 1.10 bits per heavy atom. The van der Waals surface area contributed by atoms with Crippen LogP contribution in [0.5, 0.6) is 0 Å². The van der Waals surface area contributed by atoms with Gasteiger partial charge in [0, 0.05) is 12.8 Å². The molecule has 1 heterocycles. The summed E-state index contributed by atoms with van der Waals surface area (Å²) in [6.45, 7) is 3.04. The molecule has 3 unspecified atom stereocenters. The summed E-state index contributed by atoms with van der Waals surface area (Å²) < 4.78 is 22.0. The van der Waals surface area contributed by atoms with Crippen LogP contribution in [0.25, 0.3) is 0 Å². The van der Waals surface area contributed by atoms with Gasteiger partial charge in [0.25, 0.3) is 0 Å². The van der Waals surface area contributed by atoms with Crippen molar-refractivity contribution in [3.05, 3.63) is 85.1 Å². The normalized spacial score (nSPS) is 22.2. The summed E-state index contributed by atoms with van der Waals surface area (Å²) in [4.78, 5) is 25.1. The second kappa shape index (κ2) is 31.6. The second-order valence-corrected chi connectivity index (χ2v) is 12.4. The molecule has 0 spiro atoms. The number of ether oxygens (including phenoxy) is 4. The molecule has 1 fully saturated rings. The molecule has 1 saturated heterocycles. The van der Waals surface area contributed by atoms with Gasteiger partial charge < -0.3 is 39.4 Å². The van der Waals surface area contributed by atoms with Crippen LogP contribution in [0, 0.1) is 0 Å². The summed E-state index contributed by atoms with van der Waals surface area (Å²) in [5.74, 6) is -0.891. The van der Waals surface area contributed by atoms with Gasteiger partial charge in [0.05, 0.1) is 13.2 Å². The Hall–Kier alpha value is -3.12. The molecular weight excluding hydrogens is 652 g/mol. The number of unbranched alkanes of at least 4 members (excludes halogenated alkanes) is 8. The SMILES string of the molecule is CC/C=C/C=C/C=C/C=C/CCCCCC(=O)OCC(CO[C@H]1O[C@@H](CO)[C@@H](O)C(O)C1O)OC(=O)CCCCCCC/C=C/C=C/C=C/CC. The van der Waals surface area contributed by atoms with Crippen molar-refractivity contribution in [3.8, 4) is 0 Å². The van der Waals surface area contributed by atoms with E-state index in [1.165, 1.54) is 0 Å². The van der Waals surface area contributed by atoms with E-state index in [-0.39, 0.29) is 26.1 Å². The van der Waals surface area contributed by atoms with Gasteiger partial charge in [-0.1, -0.05) is 125 Å². The predicted molar refractivity (Wildman–Crippen MR) is 201 cm³/mol. The lowest BCUT2D eigenvalue weighted by Crippen LogP contribution is -2.59. The van der Waals surface area contributed by atoms with E-state index < -0.39 is 55.4 Å². The Bertz CT molecular complexity index is 1100. The topological polar surface area (TPSA) is 152 Å². The van der Waals surface area contributed by atoms with Gasteiger partial charge in [-0.05, 0) is 51.4 Å². The van der Waals surface area contributed by atoms with E-state index >= 15 is 0 Å². The lowest BCUT2D eigenvalue weighted by molar-refractivity contribution is -0.305. The summed E-state index contributed by atoms with van der Waals surface area (Å²) in [5, 5.41) is 39.9. The van der Waals surface area contributed by atoms with Crippen molar-refractivity contribution in [1.29, 1.82) is 0 Å². The molecule has 1 aliphatic rings. The zero-order valence-corrected chi connectivity index (χ0v) is 30.8. The number of rotatable bonds is 28. The highest BCUT2D eigenvalue weighted by Crippen LogP contribution is 2.22. The van der Waals surface area contributed by atoms with Crippen molar-refractivity contribution in [2.75, 3.05) is 19.8 Å². The van der Waals surface area contributed by atoms with E-state index in [0.717, 1.165) is 64.2 Å². The average Bonchev–Trinajstić information content (AvgIpc) is 3.13. The smallest absolute Gasteiger partial charge is 0.306 e. The second-order valence-electron chi connectivity index (χ2n) is 12.4. The van der Waals surface area contributed by atoms with Crippen LogP contribution >= 0.6 is 0 Å². The zero-order valence-electron chi connectivity index (χ0n) is 30.8. The quantitative estimate of drug-likeness (QED) is 0.0393. The Balaban J connectivity index is 2.47. The number of carbonyl (C=O) groups is 2. The van der Waals surface area contributed by atoms with Gasteiger partial charge in [-0.2, -0.15) is 0 Å². The maximum atomic E-state index is 12.7. The third-order valence-electron chi connectivity index (χ3n) is 7.93. The first-order valence-corrected chi connectivity index (χ1v) is 18.7. The van der Waals surface area contributed by atoms with E-state index in [4.69, 9.17) is 18.9 Å². The zero-order chi connectivity index (χ0) is 37.4. The number of aliphatic hydroxyl groups is 4. The molecule has 0 aromatic heterocycles. The number of esters is 2. The lowest BCUT2D eigenvalue weighted by atomic mass is 9.99. The number of carbonyl (C=O) groups excluding carboxylic acids is 2. The summed E-state index contributed by atoms with van der Waals surface area (Å²) >= 11 is 0. The molecule has 6 atom stereocenters. The lowest BCUT2D eigenvalue weighted by Gasteiger charge is -2.39. The van der Waals surface area contributed by atoms with E-state index in [1.807, 2.05) is 54.7 Å². The fourth-order valence-corrected chi connectivity index (χ4v) is 4.96. The Kier molecular flexibility index (Phi) is 28.4. The van der Waals surface area contributed by atoms with Crippen LogP contribution in [-0.4, -0.2) is 89.0 Å². The van der Waals surface area contributed by atoms with Crippen molar-refractivity contribution < 1.29 is 49.0 Å². The predicted octanol–water partition coefficient (Wildman–Crippen LogP) is 6.65. The monoisotopic (exact) mass is 716 g/mol. The molecule has 288 valence electrons. The molecular formula is C41H64O10. The fraction of sp³-hybridized carbons (Fsp3) is 0.610. The molecule has 0 saturated carbocycles. The molecule has 0 aromatic carbocycles. The number of hydrogen-bond donors (Lipinski definition) is 4. The molecule has 10 nitrogen and oxygen atoms in total. The average molecular weight is 717 g/mol. The number of aliphatic hydroxyl groups excluding tert-OH is 4. The molecule has 4 N–H and O–H groups in total. The highest BCUT2D eigenvalue weighted by Gasteiger charge is 2.44. The van der Waals surface area contributed by atoms with E-state index in [9.17, 15) is 30.0 Å².